The molecule has 0 N–H and O–H groups in total. The first-order chi connectivity index (χ1) is 13.9. The lowest BCUT2D eigenvalue weighted by Gasteiger charge is -2.72. The quantitative estimate of drug-likeness (QED) is 0.423. The molecule has 2 bridgehead atoms. The van der Waals surface area contributed by atoms with Crippen molar-refractivity contribution in [3.8, 4) is 5.75 Å². The first kappa shape index (κ1) is 20.7. The topological polar surface area (TPSA) is 26.3 Å². The highest BCUT2D eigenvalue weighted by Crippen LogP contribution is 2.78. The number of carbonyl (C=O) groups is 1. The molecule has 5 rings (SSSR count). The number of Topliss-reactive ketones (excluding diaryl/α,β-unsaturated/α-hetero) is 1. The smallest absolute Gasteiger partial charge is 0.422 e. The van der Waals surface area contributed by atoms with E-state index < -0.39 is 52.5 Å². The van der Waals surface area contributed by atoms with Crippen molar-refractivity contribution in [2.45, 2.75) is 36.8 Å². The summed E-state index contributed by atoms with van der Waals surface area (Å²) in [6.45, 7) is -1.47. The van der Waals surface area contributed by atoms with Crippen LogP contribution in [0.3, 0.4) is 0 Å². The standard InChI is InChI=1S/C21H15F7O2/c22-13-4-5-15(16(23)7-13)17(29)21(27,28)19-8-18(9-19,10-19)12-2-1-3-14(6-12)30-11-20(24,25)26/h1-7H,8-11H2. The van der Waals surface area contributed by atoms with Gasteiger partial charge in [-0.2, -0.15) is 22.0 Å². The minimum Gasteiger partial charge on any atom is -0.484 e. The van der Waals surface area contributed by atoms with Gasteiger partial charge in [0.05, 0.1) is 5.56 Å². The van der Waals surface area contributed by atoms with Crippen molar-refractivity contribution in [3.63, 3.8) is 0 Å². The average Bonchev–Trinajstić information content (AvgIpc) is 2.57. The van der Waals surface area contributed by atoms with Crippen molar-refractivity contribution in [3.05, 3.63) is 65.2 Å². The van der Waals surface area contributed by atoms with Gasteiger partial charge < -0.3 is 4.74 Å². The summed E-state index contributed by atoms with van der Waals surface area (Å²) in [4.78, 5) is 12.3. The Bertz CT molecular complexity index is 993. The van der Waals surface area contributed by atoms with Gasteiger partial charge >= 0.3 is 12.1 Å². The fraction of sp³-hybridized carbons (Fsp3) is 0.381. The molecule has 2 nitrogen and oxygen atoms in total. The van der Waals surface area contributed by atoms with Crippen LogP contribution in [0.4, 0.5) is 30.7 Å². The number of alkyl halides is 5. The van der Waals surface area contributed by atoms with Crippen molar-refractivity contribution in [1.29, 1.82) is 0 Å². The lowest BCUT2D eigenvalue weighted by molar-refractivity contribution is -0.256. The first-order valence-electron chi connectivity index (χ1n) is 9.05. The Hall–Kier alpha value is -2.58. The predicted molar refractivity (Wildman–Crippen MR) is 91.6 cm³/mol. The third kappa shape index (κ3) is 3.15. The Labute approximate surface area is 166 Å². The number of halogens is 7. The van der Waals surface area contributed by atoms with E-state index in [0.29, 0.717) is 17.7 Å². The maximum Gasteiger partial charge on any atom is 0.422 e. The van der Waals surface area contributed by atoms with Gasteiger partial charge in [0.25, 0.3) is 0 Å². The van der Waals surface area contributed by atoms with Gasteiger partial charge in [0.1, 0.15) is 17.4 Å². The van der Waals surface area contributed by atoms with E-state index in [9.17, 15) is 35.5 Å². The van der Waals surface area contributed by atoms with Crippen molar-refractivity contribution in [2.24, 2.45) is 5.41 Å². The fourth-order valence-electron chi connectivity index (χ4n) is 4.59. The molecule has 0 saturated heterocycles. The Balaban J connectivity index is 1.49. The molecule has 160 valence electrons. The van der Waals surface area contributed by atoms with Crippen molar-refractivity contribution < 1.29 is 40.3 Å². The number of benzene rings is 2. The van der Waals surface area contributed by atoms with E-state index in [1.54, 1.807) is 6.07 Å². The number of rotatable bonds is 6. The molecule has 2 aromatic rings. The second-order valence-electron chi connectivity index (χ2n) is 8.05. The van der Waals surface area contributed by atoms with Gasteiger partial charge in [-0.1, -0.05) is 12.1 Å². The number of hydrogen-bond acceptors (Lipinski definition) is 2. The summed E-state index contributed by atoms with van der Waals surface area (Å²) in [5.74, 6) is -7.91. The zero-order chi connectivity index (χ0) is 21.9. The van der Waals surface area contributed by atoms with Gasteiger partial charge in [-0.25, -0.2) is 8.78 Å². The van der Waals surface area contributed by atoms with Gasteiger partial charge in [0.2, 0.25) is 5.78 Å². The van der Waals surface area contributed by atoms with Crippen LogP contribution in [0.15, 0.2) is 42.5 Å². The summed E-state index contributed by atoms with van der Waals surface area (Å²) in [6, 6.07) is 7.62. The van der Waals surface area contributed by atoms with Crippen LogP contribution in [0.25, 0.3) is 0 Å². The third-order valence-electron chi connectivity index (χ3n) is 6.01. The number of carbonyl (C=O) groups excluding carboxylic acids is 1. The highest BCUT2D eigenvalue weighted by atomic mass is 19.4. The second-order valence-corrected chi connectivity index (χ2v) is 8.05. The molecule has 3 aliphatic rings. The fourth-order valence-corrected chi connectivity index (χ4v) is 4.59. The van der Waals surface area contributed by atoms with Gasteiger partial charge in [0.15, 0.2) is 6.61 Å². The summed E-state index contributed by atoms with van der Waals surface area (Å²) >= 11 is 0. The van der Waals surface area contributed by atoms with Crippen molar-refractivity contribution in [2.75, 3.05) is 6.61 Å². The summed E-state index contributed by atoms with van der Waals surface area (Å²) in [5, 5.41) is 0. The van der Waals surface area contributed by atoms with Gasteiger partial charge in [0, 0.05) is 11.5 Å². The molecule has 3 aliphatic carbocycles. The Morgan fingerprint density at radius 3 is 2.23 bits per heavy atom. The molecule has 0 unspecified atom stereocenters. The molecule has 3 fully saturated rings. The first-order valence-corrected chi connectivity index (χ1v) is 9.05. The molecule has 2 aromatic carbocycles. The number of ether oxygens (including phenoxy) is 1. The maximum atomic E-state index is 14.9. The molecule has 0 amide bonds. The number of hydrogen-bond donors (Lipinski definition) is 0. The van der Waals surface area contributed by atoms with E-state index in [4.69, 9.17) is 4.74 Å². The molecule has 30 heavy (non-hydrogen) atoms. The SMILES string of the molecule is O=C(c1ccc(F)cc1F)C(F)(F)C12CC(c3cccc(OCC(F)(F)F)c3)(C1)C2. The third-order valence-corrected chi connectivity index (χ3v) is 6.01. The average molecular weight is 432 g/mol. The lowest BCUT2D eigenvalue weighted by atomic mass is 9.31. The van der Waals surface area contributed by atoms with Gasteiger partial charge in [-0.15, -0.1) is 0 Å². The maximum absolute atomic E-state index is 14.9. The van der Waals surface area contributed by atoms with E-state index in [0.717, 1.165) is 6.07 Å². The summed E-state index contributed by atoms with van der Waals surface area (Å²) in [5.41, 5.74) is -2.64. The van der Waals surface area contributed by atoms with Crippen LogP contribution in [0, 0.1) is 17.0 Å². The zero-order valence-electron chi connectivity index (χ0n) is 15.3. The lowest BCUT2D eigenvalue weighted by Crippen LogP contribution is -2.73. The number of ketones is 1. The normalized spacial score (nSPS) is 25.3. The Morgan fingerprint density at radius 2 is 1.63 bits per heavy atom. The largest absolute Gasteiger partial charge is 0.484 e. The van der Waals surface area contributed by atoms with Crippen LogP contribution in [-0.2, 0) is 5.41 Å². The molecule has 0 atom stereocenters. The zero-order valence-corrected chi connectivity index (χ0v) is 15.3. The van der Waals surface area contributed by atoms with Gasteiger partial charge in [-0.05, 0) is 54.5 Å². The summed E-state index contributed by atoms with van der Waals surface area (Å²) in [6.07, 6.45) is -4.70. The van der Waals surface area contributed by atoms with Crippen molar-refractivity contribution >= 4 is 5.78 Å². The van der Waals surface area contributed by atoms with Crippen LogP contribution >= 0.6 is 0 Å². The highest BCUT2D eigenvalue weighted by Gasteiger charge is 2.79. The van der Waals surface area contributed by atoms with E-state index >= 15 is 0 Å². The molecule has 0 aromatic heterocycles. The predicted octanol–water partition coefficient (Wildman–Crippen LogP) is 5.85. The van der Waals surface area contributed by atoms with E-state index in [2.05, 4.69) is 0 Å². The van der Waals surface area contributed by atoms with Gasteiger partial charge in [-0.3, -0.25) is 4.79 Å². The summed E-state index contributed by atoms with van der Waals surface area (Å²) < 4.78 is 98.3. The molecular weight excluding hydrogens is 417 g/mol. The Morgan fingerprint density at radius 1 is 0.967 bits per heavy atom. The van der Waals surface area contributed by atoms with E-state index in [-0.39, 0.29) is 25.0 Å². The molecule has 9 heteroatoms. The molecule has 0 heterocycles. The second kappa shape index (κ2) is 6.46. The van der Waals surface area contributed by atoms with Crippen LogP contribution in [0.1, 0.15) is 35.2 Å². The molecule has 3 saturated carbocycles. The minimum absolute atomic E-state index is 0.0279. The molecular formula is C21H15F7O2. The minimum atomic E-state index is -4.51. The van der Waals surface area contributed by atoms with Crippen LogP contribution in [0.2, 0.25) is 0 Å². The molecule has 0 spiro atoms. The van der Waals surface area contributed by atoms with Crippen molar-refractivity contribution in [1.82, 2.24) is 0 Å². The van der Waals surface area contributed by atoms with E-state index in [1.807, 2.05) is 0 Å². The van der Waals surface area contributed by atoms with Crippen LogP contribution < -0.4 is 4.74 Å². The monoisotopic (exact) mass is 432 g/mol. The summed E-state index contributed by atoms with van der Waals surface area (Å²) in [7, 11) is 0. The van der Waals surface area contributed by atoms with Crippen LogP contribution in [-0.4, -0.2) is 24.5 Å². The van der Waals surface area contributed by atoms with Crippen LogP contribution in [0.5, 0.6) is 5.75 Å². The Kier molecular flexibility index (Phi) is 4.45. The van der Waals surface area contributed by atoms with E-state index in [1.165, 1.54) is 18.2 Å². The highest BCUT2D eigenvalue weighted by molar-refractivity contribution is 6.02. The molecule has 0 aliphatic heterocycles. The molecule has 0 radical (unpaired) electrons.